The molecule has 0 bridgehead atoms. The number of para-hydroxylation sites is 1. The summed E-state index contributed by atoms with van der Waals surface area (Å²) in [5.74, 6) is 4.28. The second-order valence-corrected chi connectivity index (χ2v) is 13.7. The molecule has 0 radical (unpaired) electrons. The van der Waals surface area contributed by atoms with Crippen LogP contribution in [0.5, 0.6) is 11.5 Å². The zero-order valence-electron chi connectivity index (χ0n) is 29.5. The Balaban J connectivity index is 1.28. The van der Waals surface area contributed by atoms with Crippen molar-refractivity contribution in [1.82, 2.24) is 19.3 Å². The van der Waals surface area contributed by atoms with Gasteiger partial charge in [0.25, 0.3) is 0 Å². The maximum absolute atomic E-state index is 6.66. The molecule has 3 aromatic heterocycles. The van der Waals surface area contributed by atoms with Gasteiger partial charge in [-0.1, -0.05) is 64.0 Å². The molecule has 0 saturated heterocycles. The first-order valence-corrected chi connectivity index (χ1v) is 17.9. The molecule has 3 aromatic carbocycles. The van der Waals surface area contributed by atoms with Gasteiger partial charge in [-0.25, -0.2) is 9.67 Å². The smallest absolute Gasteiger partial charge is 0.137 e. The van der Waals surface area contributed by atoms with Crippen molar-refractivity contribution >= 4 is 21.8 Å². The van der Waals surface area contributed by atoms with Gasteiger partial charge in [0.05, 0.1) is 22.4 Å². The Morgan fingerprint density at radius 1 is 0.792 bits per heavy atom. The number of aryl methyl sites for hydroxylation is 3. The summed E-state index contributed by atoms with van der Waals surface area (Å²) in [6.45, 7) is 15.8. The third-order valence-electron chi connectivity index (χ3n) is 10.6. The van der Waals surface area contributed by atoms with Crippen molar-refractivity contribution in [3.05, 3.63) is 119 Å². The van der Waals surface area contributed by atoms with Crippen LogP contribution in [0.4, 0.5) is 0 Å². The summed E-state index contributed by atoms with van der Waals surface area (Å²) in [5, 5.41) is 7.55. The van der Waals surface area contributed by atoms with Gasteiger partial charge in [0, 0.05) is 46.3 Å². The zero-order valence-corrected chi connectivity index (χ0v) is 29.5. The predicted molar refractivity (Wildman–Crippen MR) is 199 cm³/mol. The molecule has 0 saturated carbocycles. The summed E-state index contributed by atoms with van der Waals surface area (Å²) in [6.07, 6.45) is 10.2. The summed E-state index contributed by atoms with van der Waals surface area (Å²) in [4.78, 5) is 4.79. The van der Waals surface area contributed by atoms with Gasteiger partial charge in [-0.05, 0) is 112 Å². The van der Waals surface area contributed by atoms with Crippen LogP contribution < -0.4 is 4.74 Å². The number of benzene rings is 3. The number of hydrogen-bond acceptors (Lipinski definition) is 3. The van der Waals surface area contributed by atoms with E-state index in [0.717, 1.165) is 58.1 Å². The van der Waals surface area contributed by atoms with Crippen molar-refractivity contribution < 1.29 is 4.74 Å². The molecule has 0 aliphatic heterocycles. The third-order valence-corrected chi connectivity index (χ3v) is 10.6. The highest BCUT2D eigenvalue weighted by Gasteiger charge is 2.34. The highest BCUT2D eigenvalue weighted by molar-refractivity contribution is 6.09. The number of aromatic nitrogens is 4. The number of hydrogen-bond donors (Lipinski definition) is 0. The van der Waals surface area contributed by atoms with Gasteiger partial charge in [0.2, 0.25) is 0 Å². The summed E-state index contributed by atoms with van der Waals surface area (Å²) in [7, 11) is 0. The largest absolute Gasteiger partial charge is 0.457 e. The molecule has 0 spiro atoms. The monoisotopic (exact) mass is 636 g/mol. The highest BCUT2D eigenvalue weighted by Crippen LogP contribution is 2.46. The first-order valence-electron chi connectivity index (χ1n) is 17.9. The second-order valence-electron chi connectivity index (χ2n) is 13.7. The molecular weight excluding hydrogens is 589 g/mol. The van der Waals surface area contributed by atoms with E-state index in [2.05, 4.69) is 137 Å². The van der Waals surface area contributed by atoms with E-state index >= 15 is 0 Å². The number of rotatable bonds is 9. The van der Waals surface area contributed by atoms with Crippen LogP contribution >= 0.6 is 0 Å². The predicted octanol–water partition coefficient (Wildman–Crippen LogP) is 11.5. The Morgan fingerprint density at radius 2 is 1.60 bits per heavy atom. The minimum atomic E-state index is 0.433. The van der Waals surface area contributed by atoms with Crippen LogP contribution in [0.3, 0.4) is 0 Å². The van der Waals surface area contributed by atoms with Crippen LogP contribution in [0.2, 0.25) is 0 Å². The van der Waals surface area contributed by atoms with Crippen LogP contribution in [-0.4, -0.2) is 19.3 Å². The molecule has 3 heterocycles. The van der Waals surface area contributed by atoms with Gasteiger partial charge in [-0.2, -0.15) is 5.10 Å². The van der Waals surface area contributed by atoms with E-state index in [1.54, 1.807) is 5.57 Å². The minimum absolute atomic E-state index is 0.433. The molecule has 5 heteroatoms. The SMILES string of the molecule is CCC1=CC(CC)C[C@H](CC)[C@@H]1c1c(C)nn(-c2cc(C)cc(Oc3ccc4c5ccccc5n(-c5cc(CC)ccn5)c4c3)c2)c1C. The van der Waals surface area contributed by atoms with E-state index in [1.807, 2.05) is 6.20 Å². The maximum atomic E-state index is 6.66. The van der Waals surface area contributed by atoms with Crippen LogP contribution in [-0.2, 0) is 6.42 Å². The molecule has 1 unspecified atom stereocenters. The lowest BCUT2D eigenvalue weighted by molar-refractivity contribution is 0.330. The molecule has 0 N–H and O–H groups in total. The van der Waals surface area contributed by atoms with Gasteiger partial charge in [0.15, 0.2) is 0 Å². The van der Waals surface area contributed by atoms with Crippen molar-refractivity contribution in [2.24, 2.45) is 11.8 Å². The molecule has 0 fully saturated rings. The Morgan fingerprint density at radius 3 is 2.38 bits per heavy atom. The summed E-state index contributed by atoms with van der Waals surface area (Å²) >= 11 is 0. The zero-order chi connectivity index (χ0) is 33.5. The third kappa shape index (κ3) is 5.63. The van der Waals surface area contributed by atoms with E-state index in [1.165, 1.54) is 46.9 Å². The molecule has 7 rings (SSSR count). The van der Waals surface area contributed by atoms with Crippen LogP contribution in [0, 0.1) is 32.6 Å². The molecule has 1 aliphatic rings. The van der Waals surface area contributed by atoms with E-state index in [-0.39, 0.29) is 0 Å². The summed E-state index contributed by atoms with van der Waals surface area (Å²) in [6, 6.07) is 25.7. The first kappa shape index (κ1) is 31.9. The van der Waals surface area contributed by atoms with Crippen LogP contribution in [0.15, 0.2) is 90.6 Å². The van der Waals surface area contributed by atoms with Crippen molar-refractivity contribution in [1.29, 1.82) is 0 Å². The Bertz CT molecular complexity index is 2150. The molecule has 5 nitrogen and oxygen atoms in total. The molecule has 48 heavy (non-hydrogen) atoms. The normalized spacial score (nSPS) is 18.1. The number of allylic oxidation sites excluding steroid dienone is 2. The summed E-state index contributed by atoms with van der Waals surface area (Å²) < 4.78 is 11.1. The Hall–Kier alpha value is -4.64. The minimum Gasteiger partial charge on any atom is -0.457 e. The fourth-order valence-corrected chi connectivity index (χ4v) is 8.21. The van der Waals surface area contributed by atoms with Crippen molar-refractivity contribution in [2.45, 2.75) is 86.5 Å². The molecule has 3 atom stereocenters. The van der Waals surface area contributed by atoms with Gasteiger partial charge in [-0.3, -0.25) is 4.57 Å². The van der Waals surface area contributed by atoms with Crippen LogP contribution in [0.25, 0.3) is 33.3 Å². The van der Waals surface area contributed by atoms with E-state index in [4.69, 9.17) is 14.8 Å². The number of fused-ring (bicyclic) bond motifs is 3. The topological polar surface area (TPSA) is 44.9 Å². The van der Waals surface area contributed by atoms with E-state index in [0.29, 0.717) is 17.8 Å². The van der Waals surface area contributed by atoms with Crippen molar-refractivity contribution in [2.75, 3.05) is 0 Å². The summed E-state index contributed by atoms with van der Waals surface area (Å²) in [5.41, 5.74) is 11.0. The maximum Gasteiger partial charge on any atom is 0.137 e. The standard InChI is InChI=1S/C43H48N4O/c1-8-30-18-19-44-41(24-30)46-39-15-13-12-14-37(39)38-17-16-35(26-40(38)46)48-36-21-27(5)20-34(25-36)47-29(7)42(28(6)45-47)43-32(10-3)22-31(9-2)23-33(43)11-4/h12-22,24-26,31,33,43H,8-11,23H2,1-7H3/t31?,33-,43+/m0/s1. The number of pyridine rings is 1. The van der Waals surface area contributed by atoms with E-state index < -0.39 is 0 Å². The number of nitrogens with zero attached hydrogens (tertiary/aromatic N) is 4. The van der Waals surface area contributed by atoms with Gasteiger partial charge >= 0.3 is 0 Å². The lowest BCUT2D eigenvalue weighted by atomic mass is 9.68. The average molecular weight is 637 g/mol. The lowest BCUT2D eigenvalue weighted by Gasteiger charge is -2.36. The number of ether oxygens (including phenoxy) is 1. The average Bonchev–Trinajstić information content (AvgIpc) is 3.59. The molecule has 0 amide bonds. The van der Waals surface area contributed by atoms with Gasteiger partial charge in [-0.15, -0.1) is 0 Å². The lowest BCUT2D eigenvalue weighted by Crippen LogP contribution is -2.24. The molecule has 246 valence electrons. The Labute approximate surface area is 285 Å². The van der Waals surface area contributed by atoms with E-state index in [9.17, 15) is 0 Å². The van der Waals surface area contributed by atoms with Crippen molar-refractivity contribution in [3.8, 4) is 23.0 Å². The second kappa shape index (κ2) is 13.1. The highest BCUT2D eigenvalue weighted by atomic mass is 16.5. The molecular formula is C43H48N4O. The van der Waals surface area contributed by atoms with Crippen molar-refractivity contribution in [3.63, 3.8) is 0 Å². The first-order chi connectivity index (χ1) is 23.3. The fourth-order valence-electron chi connectivity index (χ4n) is 8.21. The quantitative estimate of drug-likeness (QED) is 0.148. The fraction of sp³-hybridized carbons (Fsp3) is 0.349. The van der Waals surface area contributed by atoms with Gasteiger partial charge < -0.3 is 4.74 Å². The Kier molecular flexibility index (Phi) is 8.72. The molecule has 6 aromatic rings. The van der Waals surface area contributed by atoms with Gasteiger partial charge in [0.1, 0.15) is 17.3 Å². The van der Waals surface area contributed by atoms with Crippen LogP contribution in [0.1, 0.15) is 87.4 Å². The molecule has 1 aliphatic carbocycles.